The van der Waals surface area contributed by atoms with E-state index in [1.807, 2.05) is 13.8 Å². The molecule has 1 N–H and O–H groups in total. The molecule has 0 aromatic heterocycles. The van der Waals surface area contributed by atoms with E-state index in [1.54, 1.807) is 11.8 Å². The van der Waals surface area contributed by atoms with Crippen LogP contribution in [-0.2, 0) is 19.1 Å². The largest absolute Gasteiger partial charge is 0.465 e. The van der Waals surface area contributed by atoms with Crippen molar-refractivity contribution in [3.63, 3.8) is 0 Å². The Morgan fingerprint density at radius 1 is 1.40 bits per heavy atom. The van der Waals surface area contributed by atoms with Crippen molar-refractivity contribution in [3.8, 4) is 0 Å². The molecule has 0 aromatic rings. The van der Waals surface area contributed by atoms with Crippen LogP contribution >= 0.6 is 0 Å². The Bertz CT molecular complexity index is 314. The zero-order valence-electron chi connectivity index (χ0n) is 12.7. The second kappa shape index (κ2) is 8.92. The summed E-state index contributed by atoms with van der Waals surface area (Å²) in [4.78, 5) is 25.2. The first-order valence-electron chi connectivity index (χ1n) is 7.31. The third-order valence-corrected chi connectivity index (χ3v) is 3.27. The van der Waals surface area contributed by atoms with Gasteiger partial charge in [-0.2, -0.15) is 0 Å². The zero-order chi connectivity index (χ0) is 15.0. The van der Waals surface area contributed by atoms with E-state index in [2.05, 4.69) is 5.32 Å². The minimum Gasteiger partial charge on any atom is -0.465 e. The van der Waals surface area contributed by atoms with E-state index in [9.17, 15) is 9.59 Å². The third-order valence-electron chi connectivity index (χ3n) is 3.27. The fraction of sp³-hybridized carbons (Fsp3) is 0.857. The fourth-order valence-electron chi connectivity index (χ4n) is 2.07. The van der Waals surface area contributed by atoms with Gasteiger partial charge >= 0.3 is 5.97 Å². The molecule has 1 heterocycles. The topological polar surface area (TPSA) is 67.9 Å². The molecular formula is C14H26N2O4. The monoisotopic (exact) mass is 286 g/mol. The predicted octanol–water partition coefficient (Wildman–Crippen LogP) is 0.555. The molecule has 6 heteroatoms. The van der Waals surface area contributed by atoms with Crippen molar-refractivity contribution < 1.29 is 19.1 Å². The minimum atomic E-state index is -0.298. The lowest BCUT2D eigenvalue weighted by Crippen LogP contribution is -2.45. The average Bonchev–Trinajstić information content (AvgIpc) is 2.89. The Kier molecular flexibility index (Phi) is 7.54. The van der Waals surface area contributed by atoms with Crippen LogP contribution in [0.3, 0.4) is 0 Å². The lowest BCUT2D eigenvalue weighted by Gasteiger charge is -2.24. The van der Waals surface area contributed by atoms with Gasteiger partial charge < -0.3 is 14.8 Å². The molecule has 0 aliphatic carbocycles. The molecule has 0 aromatic carbocycles. The predicted molar refractivity (Wildman–Crippen MR) is 75.3 cm³/mol. The normalized spacial score (nSPS) is 18.6. The molecule has 116 valence electrons. The van der Waals surface area contributed by atoms with Gasteiger partial charge in [0, 0.05) is 19.2 Å². The molecule has 1 unspecified atom stereocenters. The SMILES string of the molecule is CCOC(=O)CN(CC(=O)NCC1CCCO1)C(C)C. The van der Waals surface area contributed by atoms with Crippen LogP contribution in [0.4, 0.5) is 0 Å². The second-order valence-electron chi connectivity index (χ2n) is 5.24. The minimum absolute atomic E-state index is 0.0847. The van der Waals surface area contributed by atoms with Gasteiger partial charge in [0.1, 0.15) is 0 Å². The lowest BCUT2D eigenvalue weighted by molar-refractivity contribution is -0.145. The second-order valence-corrected chi connectivity index (χ2v) is 5.24. The van der Waals surface area contributed by atoms with Gasteiger partial charge in [-0.15, -0.1) is 0 Å². The van der Waals surface area contributed by atoms with Gasteiger partial charge in [-0.3, -0.25) is 14.5 Å². The van der Waals surface area contributed by atoms with Crippen molar-refractivity contribution in [2.45, 2.75) is 45.8 Å². The van der Waals surface area contributed by atoms with E-state index in [-0.39, 0.29) is 37.1 Å². The summed E-state index contributed by atoms with van der Waals surface area (Å²) in [5, 5.41) is 2.86. The van der Waals surface area contributed by atoms with Gasteiger partial charge in [0.05, 0.1) is 25.8 Å². The lowest BCUT2D eigenvalue weighted by atomic mass is 10.2. The molecule has 1 saturated heterocycles. The van der Waals surface area contributed by atoms with Crippen LogP contribution in [0.1, 0.15) is 33.6 Å². The van der Waals surface area contributed by atoms with Gasteiger partial charge in [0.2, 0.25) is 5.91 Å². The Hall–Kier alpha value is -1.14. The molecule has 20 heavy (non-hydrogen) atoms. The molecule has 0 saturated carbocycles. The maximum atomic E-state index is 11.9. The number of amides is 1. The van der Waals surface area contributed by atoms with Crippen molar-refractivity contribution >= 4 is 11.9 Å². The summed E-state index contributed by atoms with van der Waals surface area (Å²) in [6.07, 6.45) is 2.19. The van der Waals surface area contributed by atoms with Crippen molar-refractivity contribution in [1.29, 1.82) is 0 Å². The van der Waals surface area contributed by atoms with Gasteiger partial charge in [-0.25, -0.2) is 0 Å². The molecular weight excluding hydrogens is 260 g/mol. The summed E-state index contributed by atoms with van der Waals surface area (Å²) < 4.78 is 10.4. The van der Waals surface area contributed by atoms with E-state index in [1.165, 1.54) is 0 Å². The highest BCUT2D eigenvalue weighted by Crippen LogP contribution is 2.10. The molecule has 1 aliphatic rings. The number of esters is 1. The highest BCUT2D eigenvalue weighted by Gasteiger charge is 2.20. The zero-order valence-corrected chi connectivity index (χ0v) is 12.7. The Balaban J connectivity index is 2.31. The summed E-state index contributed by atoms with van der Waals surface area (Å²) >= 11 is 0. The summed E-state index contributed by atoms with van der Waals surface area (Å²) in [5.41, 5.74) is 0. The standard InChI is InChI=1S/C14H26N2O4/c1-4-19-14(18)10-16(11(2)3)9-13(17)15-8-12-6-5-7-20-12/h11-12H,4-10H2,1-3H3,(H,15,17). The highest BCUT2D eigenvalue weighted by atomic mass is 16.5. The van der Waals surface area contributed by atoms with Crippen LogP contribution in [0.2, 0.25) is 0 Å². The van der Waals surface area contributed by atoms with E-state index in [4.69, 9.17) is 9.47 Å². The number of hydrogen-bond acceptors (Lipinski definition) is 5. The van der Waals surface area contributed by atoms with Crippen LogP contribution in [0.5, 0.6) is 0 Å². The van der Waals surface area contributed by atoms with Gasteiger partial charge in [-0.1, -0.05) is 0 Å². The summed E-state index contributed by atoms with van der Waals surface area (Å²) in [7, 11) is 0. The molecule has 1 atom stereocenters. The molecule has 0 spiro atoms. The average molecular weight is 286 g/mol. The maximum Gasteiger partial charge on any atom is 0.320 e. The number of nitrogens with zero attached hydrogens (tertiary/aromatic N) is 1. The van der Waals surface area contributed by atoms with E-state index in [0.29, 0.717) is 13.2 Å². The Morgan fingerprint density at radius 3 is 2.70 bits per heavy atom. The molecule has 1 fully saturated rings. The van der Waals surface area contributed by atoms with E-state index >= 15 is 0 Å². The first kappa shape index (κ1) is 16.9. The van der Waals surface area contributed by atoms with Crippen molar-refractivity contribution in [1.82, 2.24) is 10.2 Å². The molecule has 1 aliphatic heterocycles. The first-order valence-corrected chi connectivity index (χ1v) is 7.31. The highest BCUT2D eigenvalue weighted by molar-refractivity contribution is 5.79. The number of ether oxygens (including phenoxy) is 2. The van der Waals surface area contributed by atoms with Crippen LogP contribution in [-0.4, -0.2) is 61.8 Å². The fourth-order valence-corrected chi connectivity index (χ4v) is 2.07. The van der Waals surface area contributed by atoms with Crippen LogP contribution < -0.4 is 5.32 Å². The number of rotatable bonds is 8. The number of hydrogen-bond donors (Lipinski definition) is 1. The van der Waals surface area contributed by atoms with Crippen LogP contribution in [0.15, 0.2) is 0 Å². The molecule has 1 rings (SSSR count). The number of carbonyl (C=O) groups is 2. The van der Waals surface area contributed by atoms with Crippen LogP contribution in [0.25, 0.3) is 0 Å². The van der Waals surface area contributed by atoms with Crippen molar-refractivity contribution in [3.05, 3.63) is 0 Å². The molecule has 1 amide bonds. The van der Waals surface area contributed by atoms with Crippen molar-refractivity contribution in [2.24, 2.45) is 0 Å². The quantitative estimate of drug-likeness (QED) is 0.660. The van der Waals surface area contributed by atoms with Gasteiger partial charge in [0.25, 0.3) is 0 Å². The van der Waals surface area contributed by atoms with E-state index in [0.717, 1.165) is 19.4 Å². The van der Waals surface area contributed by atoms with E-state index < -0.39 is 0 Å². The smallest absolute Gasteiger partial charge is 0.320 e. The Morgan fingerprint density at radius 2 is 2.15 bits per heavy atom. The summed E-state index contributed by atoms with van der Waals surface area (Å²) in [5.74, 6) is -0.383. The van der Waals surface area contributed by atoms with Gasteiger partial charge in [-0.05, 0) is 33.6 Å². The summed E-state index contributed by atoms with van der Waals surface area (Å²) in [6, 6.07) is 0.105. The molecule has 0 radical (unpaired) electrons. The Labute approximate surface area is 120 Å². The van der Waals surface area contributed by atoms with Crippen molar-refractivity contribution in [2.75, 3.05) is 32.8 Å². The number of carbonyl (C=O) groups excluding carboxylic acids is 2. The third kappa shape index (κ3) is 6.34. The maximum absolute atomic E-state index is 11.9. The number of nitrogens with one attached hydrogen (secondary N) is 1. The first-order chi connectivity index (χ1) is 9.52. The molecule has 0 bridgehead atoms. The molecule has 6 nitrogen and oxygen atoms in total. The summed E-state index contributed by atoms with van der Waals surface area (Å²) in [6.45, 7) is 7.69. The van der Waals surface area contributed by atoms with Gasteiger partial charge in [0.15, 0.2) is 0 Å². The van der Waals surface area contributed by atoms with Crippen LogP contribution in [0, 0.1) is 0 Å².